The van der Waals surface area contributed by atoms with E-state index in [0.29, 0.717) is 17.7 Å². The molecule has 0 fully saturated rings. The number of hydrogen-bond acceptors (Lipinski definition) is 6. The molecule has 1 aliphatic rings. The summed E-state index contributed by atoms with van der Waals surface area (Å²) in [5.41, 5.74) is 11.5. The van der Waals surface area contributed by atoms with E-state index in [1.165, 1.54) is 12.4 Å². The lowest BCUT2D eigenvalue weighted by atomic mass is 10.2. The van der Waals surface area contributed by atoms with Crippen molar-refractivity contribution in [3.8, 4) is 0 Å². The van der Waals surface area contributed by atoms with Crippen molar-refractivity contribution in [2.45, 2.75) is 6.92 Å². The van der Waals surface area contributed by atoms with Gasteiger partial charge in [-0.1, -0.05) is 6.08 Å². The first-order valence-corrected chi connectivity index (χ1v) is 9.04. The molecule has 0 unspecified atom stereocenters. The highest BCUT2D eigenvalue weighted by atomic mass is 32.1. The van der Waals surface area contributed by atoms with Crippen LogP contribution in [0, 0.1) is 0 Å². The predicted molar refractivity (Wildman–Crippen MR) is 114 cm³/mol. The average molecular weight is 414 g/mol. The Kier molecular flexibility index (Phi) is 10.4. The third-order valence-corrected chi connectivity index (χ3v) is 3.83. The molecule has 152 valence electrons. The molecule has 29 heavy (non-hydrogen) atoms. The van der Waals surface area contributed by atoms with Crippen molar-refractivity contribution in [2.24, 2.45) is 11.5 Å². The number of rotatable bonds is 4. The van der Waals surface area contributed by atoms with Crippen LogP contribution < -0.4 is 11.5 Å². The molecule has 0 aliphatic carbocycles. The molecule has 3 heterocycles. The number of pyridine rings is 2. The Morgan fingerprint density at radius 3 is 1.86 bits per heavy atom. The van der Waals surface area contributed by atoms with Gasteiger partial charge in [0.2, 0.25) is 16.9 Å². The molecular weight excluding hydrogens is 390 g/mol. The van der Waals surface area contributed by atoms with Gasteiger partial charge in [0, 0.05) is 43.4 Å². The summed E-state index contributed by atoms with van der Waals surface area (Å²) < 4.78 is 0. The first-order valence-electron chi connectivity index (χ1n) is 8.59. The molecule has 2 amide bonds. The topological polar surface area (TPSA) is 132 Å². The minimum absolute atomic E-state index is 0.132. The highest BCUT2D eigenvalue weighted by molar-refractivity contribution is 7.97. The highest BCUT2D eigenvalue weighted by Crippen LogP contribution is 2.09. The number of carbonyl (C=O) groups excluding carboxylic acids is 3. The second kappa shape index (κ2) is 12.8. The summed E-state index contributed by atoms with van der Waals surface area (Å²) in [6, 6.07) is 6.57. The second-order valence-electron chi connectivity index (χ2n) is 5.61. The Balaban J connectivity index is 0.000000219. The Morgan fingerprint density at radius 1 is 1.03 bits per heavy atom. The van der Waals surface area contributed by atoms with Crippen molar-refractivity contribution >= 4 is 29.6 Å². The Hall–Kier alpha value is -3.46. The zero-order chi connectivity index (χ0) is 21.6. The lowest BCUT2D eigenvalue weighted by molar-refractivity contribution is -0.107. The van der Waals surface area contributed by atoms with Crippen LogP contribution in [0.1, 0.15) is 27.6 Å². The van der Waals surface area contributed by atoms with Gasteiger partial charge in [-0.25, -0.2) is 0 Å². The molecule has 0 spiro atoms. The molecule has 2 aromatic rings. The zero-order valence-corrected chi connectivity index (χ0v) is 16.8. The minimum atomic E-state index is -0.442. The summed E-state index contributed by atoms with van der Waals surface area (Å²) in [6.07, 6.45) is 11.7. The molecule has 0 aromatic carbocycles. The van der Waals surface area contributed by atoms with Crippen molar-refractivity contribution < 1.29 is 14.4 Å². The number of thiol groups is 1. The maximum absolute atomic E-state index is 10.8. The van der Waals surface area contributed by atoms with Crippen LogP contribution in [0.2, 0.25) is 0 Å². The van der Waals surface area contributed by atoms with E-state index in [1.54, 1.807) is 36.7 Å². The standard InChI is InChI=1S/C8H11NOS.2C6H6N2O/c1-2-9-5-3-4-7(6-9)8(10)11;2*7-6(9)5-2-1-3-8-4-5/h3-5H,2,6H2,1H3,(H,10,11);2*1-4H,(H2,7,9). The molecule has 0 radical (unpaired) electrons. The largest absolute Gasteiger partial charge is 0.373 e. The molecular formula is C20H23N5O3S. The Labute approximate surface area is 174 Å². The fraction of sp³-hybridized carbons (Fsp3) is 0.150. The van der Waals surface area contributed by atoms with E-state index in [1.807, 2.05) is 18.4 Å². The van der Waals surface area contributed by atoms with Gasteiger partial charge in [0.15, 0.2) is 0 Å². The van der Waals surface area contributed by atoms with Crippen molar-refractivity contribution in [2.75, 3.05) is 13.1 Å². The average Bonchev–Trinajstić information content (AvgIpc) is 2.76. The minimum Gasteiger partial charge on any atom is -0.373 e. The number of nitrogens with two attached hydrogens (primary N) is 2. The highest BCUT2D eigenvalue weighted by Gasteiger charge is 2.09. The predicted octanol–water partition coefficient (Wildman–Crippen LogP) is 1.58. The second-order valence-corrected chi connectivity index (χ2v) is 6.02. The summed E-state index contributed by atoms with van der Waals surface area (Å²) in [6.45, 7) is 3.67. The number of amides is 2. The summed E-state index contributed by atoms with van der Waals surface area (Å²) in [5, 5.41) is -0.132. The van der Waals surface area contributed by atoms with Crippen LogP contribution in [-0.4, -0.2) is 44.9 Å². The molecule has 3 rings (SSSR count). The zero-order valence-electron chi connectivity index (χ0n) is 15.9. The summed E-state index contributed by atoms with van der Waals surface area (Å²) in [5.74, 6) is -0.883. The van der Waals surface area contributed by atoms with Crippen LogP contribution in [-0.2, 0) is 4.79 Å². The van der Waals surface area contributed by atoms with Crippen LogP contribution in [0.25, 0.3) is 0 Å². The molecule has 0 saturated carbocycles. The molecule has 8 nitrogen and oxygen atoms in total. The van der Waals surface area contributed by atoms with Crippen LogP contribution in [0.5, 0.6) is 0 Å². The molecule has 2 aromatic heterocycles. The van der Waals surface area contributed by atoms with E-state index in [9.17, 15) is 14.4 Å². The van der Waals surface area contributed by atoms with Gasteiger partial charge in [0.05, 0.1) is 11.1 Å². The van der Waals surface area contributed by atoms with Crippen molar-refractivity contribution in [3.63, 3.8) is 0 Å². The van der Waals surface area contributed by atoms with Gasteiger partial charge < -0.3 is 16.4 Å². The Morgan fingerprint density at radius 2 is 1.55 bits per heavy atom. The lowest BCUT2D eigenvalue weighted by Crippen LogP contribution is -2.23. The molecule has 9 heteroatoms. The van der Waals surface area contributed by atoms with Crippen molar-refractivity contribution in [1.29, 1.82) is 0 Å². The number of nitrogens with zero attached hydrogens (tertiary/aromatic N) is 3. The van der Waals surface area contributed by atoms with Crippen molar-refractivity contribution in [1.82, 2.24) is 14.9 Å². The number of likely N-dealkylation sites (N-methyl/N-ethyl adjacent to an activating group) is 1. The van der Waals surface area contributed by atoms with E-state index in [0.717, 1.165) is 12.1 Å². The first kappa shape index (κ1) is 23.6. The van der Waals surface area contributed by atoms with Gasteiger partial charge in [-0.2, -0.15) is 0 Å². The fourth-order valence-corrected chi connectivity index (χ4v) is 2.12. The van der Waals surface area contributed by atoms with Gasteiger partial charge in [0.1, 0.15) is 0 Å². The van der Waals surface area contributed by atoms with Crippen LogP contribution in [0.4, 0.5) is 0 Å². The molecule has 0 atom stereocenters. The van der Waals surface area contributed by atoms with Crippen LogP contribution in [0.3, 0.4) is 0 Å². The SMILES string of the molecule is CCN1C=CC=C(C(=O)S)C1.NC(=O)c1cccnc1.NC(=O)c1cccnc1. The number of allylic oxidation sites excluding steroid dienone is 2. The number of hydrogen-bond donors (Lipinski definition) is 3. The molecule has 1 aliphatic heterocycles. The molecule has 0 bridgehead atoms. The quantitative estimate of drug-likeness (QED) is 0.652. The summed E-state index contributed by atoms with van der Waals surface area (Å²) in [7, 11) is 0. The summed E-state index contributed by atoms with van der Waals surface area (Å²) in [4.78, 5) is 41.0. The maximum atomic E-state index is 10.8. The molecule has 4 N–H and O–H groups in total. The third-order valence-electron chi connectivity index (χ3n) is 3.54. The normalized spacial score (nSPS) is 11.8. The van der Waals surface area contributed by atoms with Gasteiger partial charge in [-0.3, -0.25) is 24.4 Å². The lowest BCUT2D eigenvalue weighted by Gasteiger charge is -2.21. The van der Waals surface area contributed by atoms with Crippen LogP contribution >= 0.6 is 12.6 Å². The monoisotopic (exact) mass is 413 g/mol. The number of aromatic nitrogens is 2. The third kappa shape index (κ3) is 9.34. The van der Waals surface area contributed by atoms with E-state index in [-0.39, 0.29) is 5.12 Å². The van der Waals surface area contributed by atoms with Gasteiger partial charge >= 0.3 is 0 Å². The van der Waals surface area contributed by atoms with E-state index in [2.05, 4.69) is 34.4 Å². The van der Waals surface area contributed by atoms with Gasteiger partial charge in [0.25, 0.3) is 0 Å². The number of primary amides is 2. The smallest absolute Gasteiger partial charge is 0.250 e. The van der Waals surface area contributed by atoms with Gasteiger partial charge in [-0.15, -0.1) is 12.6 Å². The summed E-state index contributed by atoms with van der Waals surface area (Å²) >= 11 is 3.75. The maximum Gasteiger partial charge on any atom is 0.250 e. The first-order chi connectivity index (χ1) is 13.8. The van der Waals surface area contributed by atoms with Crippen molar-refractivity contribution in [3.05, 3.63) is 84.1 Å². The Bertz CT molecular complexity index is 821. The van der Waals surface area contributed by atoms with E-state index in [4.69, 9.17) is 11.5 Å². The van der Waals surface area contributed by atoms with E-state index < -0.39 is 11.8 Å². The van der Waals surface area contributed by atoms with Crippen LogP contribution in [0.15, 0.2) is 73.0 Å². The van der Waals surface area contributed by atoms with Gasteiger partial charge in [-0.05, 0) is 43.5 Å². The number of carbonyl (C=O) groups is 3. The molecule has 0 saturated heterocycles. The fourth-order valence-electron chi connectivity index (χ4n) is 1.98. The van der Waals surface area contributed by atoms with E-state index >= 15 is 0 Å².